The molecule has 0 atom stereocenters. The van der Waals surface area contributed by atoms with Crippen LogP contribution in [0.3, 0.4) is 0 Å². The number of anilines is 1. The number of nitrogens with one attached hydrogen (secondary N) is 1. The summed E-state index contributed by atoms with van der Waals surface area (Å²) < 4.78 is 9.79. The van der Waals surface area contributed by atoms with Crippen LogP contribution < -0.4 is 5.32 Å². The number of amides is 1. The van der Waals surface area contributed by atoms with E-state index in [0.717, 1.165) is 0 Å². The third-order valence-corrected chi connectivity index (χ3v) is 2.94. The summed E-state index contributed by atoms with van der Waals surface area (Å²) in [5.74, 6) is -0.156. The molecule has 2 rings (SSSR count). The van der Waals surface area contributed by atoms with Crippen molar-refractivity contribution < 1.29 is 18.7 Å². The Labute approximate surface area is 122 Å². The highest BCUT2D eigenvalue weighted by atomic mass is 16.5. The quantitative estimate of drug-likeness (QED) is 0.692. The van der Waals surface area contributed by atoms with Gasteiger partial charge in [-0.05, 0) is 42.8 Å². The van der Waals surface area contributed by atoms with E-state index in [0.29, 0.717) is 22.6 Å². The van der Waals surface area contributed by atoms with E-state index in [9.17, 15) is 9.59 Å². The van der Waals surface area contributed by atoms with Crippen molar-refractivity contribution in [2.24, 2.45) is 0 Å². The van der Waals surface area contributed by atoms with E-state index in [1.165, 1.54) is 19.4 Å². The first-order chi connectivity index (χ1) is 10.1. The van der Waals surface area contributed by atoms with Crippen molar-refractivity contribution in [2.75, 3.05) is 12.4 Å². The molecule has 0 radical (unpaired) electrons. The molecule has 0 spiro atoms. The Morgan fingerprint density at radius 1 is 1.24 bits per heavy atom. The SMILES string of the molecule is COC(=O)c1cccc(NC(=O)/C=C/c2ccco2)c1C. The maximum Gasteiger partial charge on any atom is 0.338 e. The zero-order chi connectivity index (χ0) is 15.2. The average Bonchev–Trinajstić information content (AvgIpc) is 3.00. The van der Waals surface area contributed by atoms with Gasteiger partial charge in [0.25, 0.3) is 0 Å². The fourth-order valence-corrected chi connectivity index (χ4v) is 1.82. The van der Waals surface area contributed by atoms with Crippen LogP contribution >= 0.6 is 0 Å². The summed E-state index contributed by atoms with van der Waals surface area (Å²) in [6, 6.07) is 8.54. The van der Waals surface area contributed by atoms with Gasteiger partial charge in [-0.2, -0.15) is 0 Å². The van der Waals surface area contributed by atoms with Crippen LogP contribution in [-0.2, 0) is 9.53 Å². The highest BCUT2D eigenvalue weighted by molar-refractivity contribution is 6.03. The standard InChI is InChI=1S/C16H15NO4/c1-11-13(16(19)20-2)6-3-7-14(11)17-15(18)9-8-12-5-4-10-21-12/h3-10H,1-2H3,(H,17,18)/b9-8+. The largest absolute Gasteiger partial charge is 0.465 e. The lowest BCUT2D eigenvalue weighted by atomic mass is 10.1. The normalized spacial score (nSPS) is 10.6. The minimum atomic E-state index is -0.435. The summed E-state index contributed by atoms with van der Waals surface area (Å²) in [5, 5.41) is 2.72. The predicted octanol–water partition coefficient (Wildman–Crippen LogP) is 3.03. The van der Waals surface area contributed by atoms with Gasteiger partial charge in [-0.15, -0.1) is 0 Å². The van der Waals surface area contributed by atoms with Crippen molar-refractivity contribution in [1.82, 2.24) is 0 Å². The Kier molecular flexibility index (Phi) is 4.56. The molecular formula is C16H15NO4. The third-order valence-electron chi connectivity index (χ3n) is 2.94. The number of furan rings is 1. The van der Waals surface area contributed by atoms with E-state index in [-0.39, 0.29) is 5.91 Å². The first kappa shape index (κ1) is 14.6. The predicted molar refractivity (Wildman–Crippen MR) is 78.9 cm³/mol. The van der Waals surface area contributed by atoms with Gasteiger partial charge in [0.1, 0.15) is 5.76 Å². The molecule has 0 saturated carbocycles. The highest BCUT2D eigenvalue weighted by Crippen LogP contribution is 2.19. The van der Waals surface area contributed by atoms with Crippen molar-refractivity contribution in [3.63, 3.8) is 0 Å². The van der Waals surface area contributed by atoms with E-state index in [2.05, 4.69) is 5.32 Å². The number of hydrogen-bond acceptors (Lipinski definition) is 4. The number of carbonyl (C=O) groups is 2. The molecule has 2 aromatic rings. The molecule has 0 aliphatic carbocycles. The minimum Gasteiger partial charge on any atom is -0.465 e. The molecule has 1 heterocycles. The second kappa shape index (κ2) is 6.56. The number of benzene rings is 1. The Balaban J connectivity index is 2.12. The summed E-state index contributed by atoms with van der Waals surface area (Å²) in [7, 11) is 1.32. The first-order valence-corrected chi connectivity index (χ1v) is 6.32. The lowest BCUT2D eigenvalue weighted by molar-refractivity contribution is -0.111. The molecule has 0 bridgehead atoms. The van der Waals surface area contributed by atoms with Crippen LogP contribution in [0.2, 0.25) is 0 Å². The maximum atomic E-state index is 11.9. The summed E-state index contributed by atoms with van der Waals surface area (Å²) in [6.45, 7) is 1.75. The molecule has 1 amide bonds. The van der Waals surface area contributed by atoms with Gasteiger partial charge >= 0.3 is 5.97 Å². The molecule has 0 unspecified atom stereocenters. The third kappa shape index (κ3) is 3.60. The van der Waals surface area contributed by atoms with Crippen LogP contribution in [0, 0.1) is 6.92 Å². The maximum absolute atomic E-state index is 11.9. The molecule has 0 aliphatic rings. The number of rotatable bonds is 4. The Morgan fingerprint density at radius 2 is 2.05 bits per heavy atom. The summed E-state index contributed by atoms with van der Waals surface area (Å²) in [6.07, 6.45) is 4.46. The van der Waals surface area contributed by atoms with E-state index in [4.69, 9.17) is 9.15 Å². The van der Waals surface area contributed by atoms with Crippen molar-refractivity contribution in [1.29, 1.82) is 0 Å². The number of methoxy groups -OCH3 is 1. The minimum absolute atomic E-state index is 0.309. The van der Waals surface area contributed by atoms with Gasteiger partial charge in [-0.3, -0.25) is 4.79 Å². The van der Waals surface area contributed by atoms with Gasteiger partial charge in [0.2, 0.25) is 5.91 Å². The Hall–Kier alpha value is -2.82. The lowest BCUT2D eigenvalue weighted by Gasteiger charge is -2.10. The van der Waals surface area contributed by atoms with E-state index < -0.39 is 5.97 Å². The Morgan fingerprint density at radius 3 is 2.71 bits per heavy atom. The zero-order valence-corrected chi connectivity index (χ0v) is 11.8. The average molecular weight is 285 g/mol. The number of esters is 1. The molecule has 1 aromatic heterocycles. The molecule has 1 N–H and O–H groups in total. The molecule has 0 saturated heterocycles. The van der Waals surface area contributed by atoms with E-state index >= 15 is 0 Å². The van der Waals surface area contributed by atoms with Crippen LogP contribution in [0.15, 0.2) is 47.1 Å². The molecule has 1 aromatic carbocycles. The summed E-state index contributed by atoms with van der Waals surface area (Å²) in [4.78, 5) is 23.4. The van der Waals surface area contributed by atoms with E-state index in [1.54, 1.807) is 43.3 Å². The van der Waals surface area contributed by atoms with Crippen molar-refractivity contribution >= 4 is 23.6 Å². The van der Waals surface area contributed by atoms with Gasteiger partial charge in [-0.25, -0.2) is 4.79 Å². The topological polar surface area (TPSA) is 68.5 Å². The van der Waals surface area contributed by atoms with Crippen LogP contribution in [0.25, 0.3) is 6.08 Å². The van der Waals surface area contributed by atoms with Gasteiger partial charge in [0, 0.05) is 11.8 Å². The van der Waals surface area contributed by atoms with Gasteiger partial charge in [0.05, 0.1) is 18.9 Å². The lowest BCUT2D eigenvalue weighted by Crippen LogP contribution is -2.11. The van der Waals surface area contributed by atoms with Crippen LogP contribution in [0.4, 0.5) is 5.69 Å². The number of ether oxygens (including phenoxy) is 1. The monoisotopic (exact) mass is 285 g/mol. The van der Waals surface area contributed by atoms with Crippen LogP contribution in [-0.4, -0.2) is 19.0 Å². The fraction of sp³-hybridized carbons (Fsp3) is 0.125. The van der Waals surface area contributed by atoms with Gasteiger partial charge in [-0.1, -0.05) is 6.07 Å². The summed E-state index contributed by atoms with van der Waals surface area (Å²) in [5.41, 5.74) is 1.64. The van der Waals surface area contributed by atoms with Crippen LogP contribution in [0.5, 0.6) is 0 Å². The summed E-state index contributed by atoms with van der Waals surface area (Å²) >= 11 is 0. The fourth-order valence-electron chi connectivity index (χ4n) is 1.82. The molecular weight excluding hydrogens is 270 g/mol. The van der Waals surface area contributed by atoms with Crippen molar-refractivity contribution in [2.45, 2.75) is 6.92 Å². The first-order valence-electron chi connectivity index (χ1n) is 6.32. The molecule has 108 valence electrons. The van der Waals surface area contributed by atoms with Gasteiger partial charge in [0.15, 0.2) is 0 Å². The highest BCUT2D eigenvalue weighted by Gasteiger charge is 2.12. The number of hydrogen-bond donors (Lipinski definition) is 1. The van der Waals surface area contributed by atoms with Crippen molar-refractivity contribution in [3.8, 4) is 0 Å². The van der Waals surface area contributed by atoms with Crippen LogP contribution in [0.1, 0.15) is 21.7 Å². The second-order valence-corrected chi connectivity index (χ2v) is 4.31. The smallest absolute Gasteiger partial charge is 0.338 e. The second-order valence-electron chi connectivity index (χ2n) is 4.31. The number of carbonyl (C=O) groups excluding carboxylic acids is 2. The molecule has 0 fully saturated rings. The van der Waals surface area contributed by atoms with E-state index in [1.807, 2.05) is 0 Å². The molecule has 5 nitrogen and oxygen atoms in total. The molecule has 21 heavy (non-hydrogen) atoms. The molecule has 5 heteroatoms. The van der Waals surface area contributed by atoms with Crippen molar-refractivity contribution in [3.05, 3.63) is 59.6 Å². The molecule has 0 aliphatic heterocycles. The Bertz CT molecular complexity index is 672. The zero-order valence-electron chi connectivity index (χ0n) is 11.8. The van der Waals surface area contributed by atoms with Gasteiger partial charge < -0.3 is 14.5 Å².